The van der Waals surface area contributed by atoms with Gasteiger partial charge in [0.05, 0.1) is 0 Å². The van der Waals surface area contributed by atoms with E-state index >= 15 is 0 Å². The predicted octanol–water partition coefficient (Wildman–Crippen LogP) is 2.63. The highest BCUT2D eigenvalue weighted by Gasteiger charge is 2.09. The van der Waals surface area contributed by atoms with Gasteiger partial charge in [-0.3, -0.25) is 4.79 Å². The maximum absolute atomic E-state index is 12.1. The molecule has 1 amide bonds. The topological polar surface area (TPSA) is 75.9 Å². The van der Waals surface area contributed by atoms with Gasteiger partial charge in [0.2, 0.25) is 11.7 Å². The molecule has 0 atom stereocenters. The predicted molar refractivity (Wildman–Crippen MR) is 109 cm³/mol. The molecule has 0 saturated carbocycles. The monoisotopic (exact) mass is 398 g/mol. The smallest absolute Gasteiger partial charge is 0.243 e. The van der Waals surface area contributed by atoms with Gasteiger partial charge in [-0.25, -0.2) is 0 Å². The lowest BCUT2D eigenvalue weighted by Gasteiger charge is -2.16. The second kappa shape index (κ2) is 9.96. The van der Waals surface area contributed by atoms with E-state index in [-0.39, 0.29) is 12.5 Å². The maximum atomic E-state index is 12.1. The van der Waals surface area contributed by atoms with Crippen LogP contribution in [0.2, 0.25) is 5.02 Å². The quantitative estimate of drug-likeness (QED) is 0.561. The van der Waals surface area contributed by atoms with Gasteiger partial charge in [-0.15, -0.1) is 10.2 Å². The fraction of sp³-hybridized carbons (Fsp3) is 0.300. The molecule has 0 aliphatic carbocycles. The van der Waals surface area contributed by atoms with Gasteiger partial charge in [-0.2, -0.15) is 4.80 Å². The van der Waals surface area contributed by atoms with Crippen molar-refractivity contribution < 1.29 is 4.79 Å². The summed E-state index contributed by atoms with van der Waals surface area (Å²) in [5.74, 6) is 0.331. The van der Waals surface area contributed by atoms with Crippen molar-refractivity contribution in [2.24, 2.45) is 0 Å². The Morgan fingerprint density at radius 2 is 1.89 bits per heavy atom. The number of carbonyl (C=O) groups is 1. The summed E-state index contributed by atoms with van der Waals surface area (Å²) in [5, 5.41) is 15.7. The molecule has 8 heteroatoms. The van der Waals surface area contributed by atoms with E-state index < -0.39 is 0 Å². The van der Waals surface area contributed by atoms with Crippen molar-refractivity contribution in [1.29, 1.82) is 0 Å². The second-order valence-corrected chi connectivity index (χ2v) is 7.01. The Morgan fingerprint density at radius 3 is 2.64 bits per heavy atom. The van der Waals surface area contributed by atoms with E-state index in [0.29, 0.717) is 17.4 Å². The lowest BCUT2D eigenvalue weighted by molar-refractivity contribution is -0.122. The molecule has 0 fully saturated rings. The molecule has 28 heavy (non-hydrogen) atoms. The Bertz CT molecular complexity index is 881. The van der Waals surface area contributed by atoms with Gasteiger partial charge in [0.25, 0.3) is 0 Å². The van der Waals surface area contributed by atoms with Crippen LogP contribution < -0.4 is 5.32 Å². The highest BCUT2D eigenvalue weighted by molar-refractivity contribution is 6.30. The van der Waals surface area contributed by atoms with E-state index in [1.54, 1.807) is 12.1 Å². The van der Waals surface area contributed by atoms with Crippen LogP contribution in [0, 0.1) is 0 Å². The number of carbonyl (C=O) groups excluding carboxylic acids is 1. The summed E-state index contributed by atoms with van der Waals surface area (Å²) in [6, 6.07) is 17.5. The second-order valence-electron chi connectivity index (χ2n) is 6.58. The first-order valence-electron chi connectivity index (χ1n) is 9.13. The molecule has 3 aromatic rings. The van der Waals surface area contributed by atoms with Crippen LogP contribution in [-0.4, -0.2) is 51.2 Å². The summed E-state index contributed by atoms with van der Waals surface area (Å²) < 4.78 is 0. The highest BCUT2D eigenvalue weighted by Crippen LogP contribution is 2.16. The van der Waals surface area contributed by atoms with Crippen LogP contribution in [0.1, 0.15) is 12.0 Å². The Kier molecular flexibility index (Phi) is 7.11. The molecular formula is C20H23ClN6O. The lowest BCUT2D eigenvalue weighted by Crippen LogP contribution is -2.31. The largest absolute Gasteiger partial charge is 0.354 e. The number of tetrazole rings is 1. The van der Waals surface area contributed by atoms with Crippen molar-refractivity contribution in [2.45, 2.75) is 19.5 Å². The summed E-state index contributed by atoms with van der Waals surface area (Å²) >= 11 is 5.88. The van der Waals surface area contributed by atoms with E-state index in [0.717, 1.165) is 25.1 Å². The number of aromatic nitrogens is 4. The molecule has 0 radical (unpaired) electrons. The molecule has 146 valence electrons. The van der Waals surface area contributed by atoms with Gasteiger partial charge in [-0.1, -0.05) is 41.9 Å². The first-order valence-corrected chi connectivity index (χ1v) is 9.51. The van der Waals surface area contributed by atoms with Gasteiger partial charge in [0, 0.05) is 23.7 Å². The zero-order valence-corrected chi connectivity index (χ0v) is 16.5. The Morgan fingerprint density at radius 1 is 1.14 bits per heavy atom. The van der Waals surface area contributed by atoms with Crippen LogP contribution in [0.25, 0.3) is 11.4 Å². The van der Waals surface area contributed by atoms with Crippen molar-refractivity contribution in [3.8, 4) is 11.4 Å². The molecule has 7 nitrogen and oxygen atoms in total. The van der Waals surface area contributed by atoms with Crippen LogP contribution >= 0.6 is 11.6 Å². The number of nitrogens with one attached hydrogen (secondary N) is 1. The third-order valence-electron chi connectivity index (χ3n) is 4.17. The minimum Gasteiger partial charge on any atom is -0.354 e. The molecule has 1 N–H and O–H groups in total. The number of halogens is 1. The summed E-state index contributed by atoms with van der Waals surface area (Å²) in [6.45, 7) is 2.44. The van der Waals surface area contributed by atoms with Crippen molar-refractivity contribution in [3.05, 3.63) is 65.2 Å². The van der Waals surface area contributed by atoms with E-state index in [4.69, 9.17) is 11.6 Å². The van der Waals surface area contributed by atoms with Gasteiger partial charge in [-0.05, 0) is 55.1 Å². The summed E-state index contributed by atoms with van der Waals surface area (Å²) in [7, 11) is 2.08. The first-order chi connectivity index (χ1) is 13.6. The minimum absolute atomic E-state index is 0.0421. The van der Waals surface area contributed by atoms with Crippen LogP contribution in [0.5, 0.6) is 0 Å². The lowest BCUT2D eigenvalue weighted by atomic mass is 10.2. The summed E-state index contributed by atoms with van der Waals surface area (Å²) in [5.41, 5.74) is 2.08. The van der Waals surface area contributed by atoms with Crippen molar-refractivity contribution >= 4 is 17.5 Å². The van der Waals surface area contributed by atoms with E-state index in [9.17, 15) is 4.79 Å². The molecule has 1 heterocycles. The summed E-state index contributed by atoms with van der Waals surface area (Å²) in [6.07, 6.45) is 0.871. The average Bonchev–Trinajstić information content (AvgIpc) is 3.15. The highest BCUT2D eigenvalue weighted by atomic mass is 35.5. The minimum atomic E-state index is -0.134. The van der Waals surface area contributed by atoms with E-state index in [1.807, 2.05) is 30.3 Å². The van der Waals surface area contributed by atoms with Gasteiger partial charge < -0.3 is 10.2 Å². The van der Waals surface area contributed by atoms with E-state index in [2.05, 4.69) is 44.8 Å². The van der Waals surface area contributed by atoms with E-state index in [1.165, 1.54) is 10.4 Å². The molecule has 0 saturated heterocycles. The molecule has 0 bridgehead atoms. The normalized spacial score (nSPS) is 11.0. The van der Waals surface area contributed by atoms with Crippen LogP contribution in [0.3, 0.4) is 0 Å². The van der Waals surface area contributed by atoms with Gasteiger partial charge >= 0.3 is 0 Å². The summed E-state index contributed by atoms with van der Waals surface area (Å²) in [4.78, 5) is 15.6. The number of nitrogens with zero attached hydrogens (tertiary/aromatic N) is 5. The molecule has 0 unspecified atom stereocenters. The molecule has 1 aromatic heterocycles. The third kappa shape index (κ3) is 6.14. The average molecular weight is 399 g/mol. The number of hydrogen-bond donors (Lipinski definition) is 1. The molecule has 3 rings (SSSR count). The van der Waals surface area contributed by atoms with Crippen molar-refractivity contribution in [3.63, 3.8) is 0 Å². The van der Waals surface area contributed by atoms with Crippen LogP contribution in [0.4, 0.5) is 0 Å². The van der Waals surface area contributed by atoms with Gasteiger partial charge in [0.1, 0.15) is 6.54 Å². The SMILES string of the molecule is CN(CCCNC(=O)Cn1nnc(-c2ccc(Cl)cc2)n1)Cc1ccccc1. The number of rotatable bonds is 9. The number of amides is 1. The molecule has 0 spiro atoms. The Balaban J connectivity index is 1.37. The zero-order valence-electron chi connectivity index (χ0n) is 15.8. The third-order valence-corrected chi connectivity index (χ3v) is 4.43. The molecule has 0 aliphatic rings. The maximum Gasteiger partial charge on any atom is 0.243 e. The standard InChI is InChI=1S/C20H23ClN6O/c1-26(14-16-6-3-2-4-7-16)13-5-12-22-19(28)15-27-24-20(23-25-27)17-8-10-18(21)11-9-17/h2-4,6-11H,5,12-15H2,1H3,(H,22,28). The fourth-order valence-electron chi connectivity index (χ4n) is 2.76. The first kappa shape index (κ1) is 20.0. The molecule has 2 aromatic carbocycles. The van der Waals surface area contributed by atoms with Crippen molar-refractivity contribution in [1.82, 2.24) is 30.4 Å². The Hall–Kier alpha value is -2.77. The number of benzene rings is 2. The zero-order chi connectivity index (χ0) is 19.8. The molecule has 0 aliphatic heterocycles. The fourth-order valence-corrected chi connectivity index (χ4v) is 2.89. The van der Waals surface area contributed by atoms with Gasteiger partial charge in [0.15, 0.2) is 0 Å². The van der Waals surface area contributed by atoms with Crippen molar-refractivity contribution in [2.75, 3.05) is 20.1 Å². The number of hydrogen-bond acceptors (Lipinski definition) is 5. The molecular weight excluding hydrogens is 376 g/mol. The Labute approximate surface area is 169 Å². The van der Waals surface area contributed by atoms with Crippen LogP contribution in [0.15, 0.2) is 54.6 Å². The van der Waals surface area contributed by atoms with Crippen LogP contribution in [-0.2, 0) is 17.9 Å².